The van der Waals surface area contributed by atoms with Crippen LogP contribution in [0, 0.1) is 0 Å². The molecule has 0 spiro atoms. The van der Waals surface area contributed by atoms with Gasteiger partial charge in [0.05, 0.1) is 12.2 Å². The third-order valence-corrected chi connectivity index (χ3v) is 21.2. The summed E-state index contributed by atoms with van der Waals surface area (Å²) in [5.41, 5.74) is 2.30. The minimum Gasteiger partial charge on any atom is -0.410 e. The van der Waals surface area contributed by atoms with Crippen molar-refractivity contribution < 1.29 is 13.4 Å². The van der Waals surface area contributed by atoms with Gasteiger partial charge in [-0.1, -0.05) is 120 Å². The molecular formula is C33H51O3PSi2. The molecule has 214 valence electrons. The molecule has 0 saturated heterocycles. The van der Waals surface area contributed by atoms with Crippen molar-refractivity contribution in [1.29, 1.82) is 0 Å². The predicted molar refractivity (Wildman–Crippen MR) is 175 cm³/mol. The molecule has 6 heteroatoms. The number of rotatable bonds is 9. The van der Waals surface area contributed by atoms with Gasteiger partial charge in [-0.25, -0.2) is 0 Å². The maximum absolute atomic E-state index is 14.7. The Balaban J connectivity index is 1.97. The number of benzene rings is 2. The molecule has 0 aromatic heterocycles. The van der Waals surface area contributed by atoms with Crippen molar-refractivity contribution in [3.8, 4) is 0 Å². The fraction of sp³-hybridized carbons (Fsp3) is 0.515. The van der Waals surface area contributed by atoms with Crippen LogP contribution in [0.25, 0.3) is 0 Å². The second-order valence-corrected chi connectivity index (χ2v) is 26.6. The van der Waals surface area contributed by atoms with Crippen LogP contribution in [0.3, 0.4) is 0 Å². The summed E-state index contributed by atoms with van der Waals surface area (Å²) in [5.74, 6) is 0. The van der Waals surface area contributed by atoms with Crippen LogP contribution in [0.4, 0.5) is 0 Å². The maximum Gasteiger partial charge on any atom is 0.193 e. The van der Waals surface area contributed by atoms with E-state index in [0.717, 1.165) is 29.0 Å². The summed E-state index contributed by atoms with van der Waals surface area (Å²) in [5, 5.41) is 2.02. The normalized spacial score (nSPS) is 19.6. The highest BCUT2D eigenvalue weighted by Gasteiger charge is 2.44. The monoisotopic (exact) mass is 582 g/mol. The largest absolute Gasteiger partial charge is 0.410 e. The van der Waals surface area contributed by atoms with Crippen LogP contribution < -0.4 is 10.6 Å². The first-order valence-electron chi connectivity index (χ1n) is 14.3. The Morgan fingerprint density at radius 2 is 1.23 bits per heavy atom. The quantitative estimate of drug-likeness (QED) is 0.168. The van der Waals surface area contributed by atoms with Gasteiger partial charge in [-0.3, -0.25) is 0 Å². The Kier molecular flexibility index (Phi) is 9.67. The van der Waals surface area contributed by atoms with Gasteiger partial charge in [0.15, 0.2) is 16.6 Å². The van der Waals surface area contributed by atoms with Gasteiger partial charge in [-0.05, 0) is 54.7 Å². The molecule has 2 aromatic carbocycles. The molecule has 0 aliphatic heterocycles. The van der Waals surface area contributed by atoms with Gasteiger partial charge in [0.25, 0.3) is 0 Å². The standard InChI is InChI=1S/C33H51O3PSi2/c1-26-30(35-38(8,9)32(2,3)4)24-27(25-31(26)36-39(10,11)33(5,6)7)22-23-37(34,28-18-14-12-15-19-28)29-20-16-13-17-21-29/h12-21,24,30-31H,1,22-23,25H2,2-11H3/t30-,31+/m1/s1. The fourth-order valence-electron chi connectivity index (χ4n) is 4.43. The first-order chi connectivity index (χ1) is 17.9. The Morgan fingerprint density at radius 3 is 1.67 bits per heavy atom. The lowest BCUT2D eigenvalue weighted by Gasteiger charge is -2.45. The molecule has 39 heavy (non-hydrogen) atoms. The van der Waals surface area contributed by atoms with E-state index in [1.807, 2.05) is 60.7 Å². The van der Waals surface area contributed by atoms with Gasteiger partial charge < -0.3 is 13.4 Å². The van der Waals surface area contributed by atoms with Gasteiger partial charge in [-0.15, -0.1) is 0 Å². The number of hydrogen-bond acceptors (Lipinski definition) is 3. The van der Waals surface area contributed by atoms with Gasteiger partial charge in [-0.2, -0.15) is 0 Å². The van der Waals surface area contributed by atoms with Crippen molar-refractivity contribution >= 4 is 34.4 Å². The molecule has 0 bridgehead atoms. The average molecular weight is 583 g/mol. The van der Waals surface area contributed by atoms with Crippen LogP contribution in [0.2, 0.25) is 36.3 Å². The van der Waals surface area contributed by atoms with Gasteiger partial charge in [0.2, 0.25) is 0 Å². The Labute approximate surface area is 240 Å². The molecule has 2 atom stereocenters. The minimum absolute atomic E-state index is 0.0881. The summed E-state index contributed by atoms with van der Waals surface area (Å²) in [6.45, 7) is 27.4. The van der Waals surface area contributed by atoms with E-state index in [1.54, 1.807) is 0 Å². The van der Waals surface area contributed by atoms with E-state index in [1.165, 1.54) is 5.57 Å². The van der Waals surface area contributed by atoms with Crippen molar-refractivity contribution in [3.63, 3.8) is 0 Å². The molecule has 0 saturated carbocycles. The summed E-state index contributed by atoms with van der Waals surface area (Å²) in [6.07, 6.45) is 4.11. The van der Waals surface area contributed by atoms with Crippen molar-refractivity contribution in [1.82, 2.24) is 0 Å². The third kappa shape index (κ3) is 7.43. The summed E-state index contributed by atoms with van der Waals surface area (Å²) >= 11 is 0. The molecule has 0 radical (unpaired) electrons. The van der Waals surface area contributed by atoms with E-state index < -0.39 is 23.8 Å². The second kappa shape index (κ2) is 11.8. The summed E-state index contributed by atoms with van der Waals surface area (Å²) in [6, 6.07) is 20.0. The maximum atomic E-state index is 14.7. The molecule has 3 rings (SSSR count). The van der Waals surface area contributed by atoms with Crippen LogP contribution in [-0.2, 0) is 13.4 Å². The average Bonchev–Trinajstić information content (AvgIpc) is 2.84. The molecular weight excluding hydrogens is 532 g/mol. The van der Waals surface area contributed by atoms with Crippen LogP contribution in [0.1, 0.15) is 54.4 Å². The highest BCUT2D eigenvalue weighted by molar-refractivity contribution is 7.78. The zero-order valence-electron chi connectivity index (χ0n) is 26.0. The molecule has 3 nitrogen and oxygen atoms in total. The second-order valence-electron chi connectivity index (χ2n) is 14.2. The van der Waals surface area contributed by atoms with Crippen molar-refractivity contribution in [2.45, 2.75) is 103 Å². The summed E-state index contributed by atoms with van der Waals surface area (Å²) in [7, 11) is -6.91. The van der Waals surface area contributed by atoms with E-state index in [4.69, 9.17) is 8.85 Å². The molecule has 0 N–H and O–H groups in total. The molecule has 0 amide bonds. The van der Waals surface area contributed by atoms with Gasteiger partial charge in [0, 0.05) is 16.8 Å². The lowest BCUT2D eigenvalue weighted by Crippen LogP contribution is -2.49. The van der Waals surface area contributed by atoms with Crippen LogP contribution in [0.5, 0.6) is 0 Å². The molecule has 1 aliphatic carbocycles. The predicted octanol–water partition coefficient (Wildman–Crippen LogP) is 9.06. The summed E-state index contributed by atoms with van der Waals surface area (Å²) in [4.78, 5) is 0. The van der Waals surface area contributed by atoms with E-state index in [9.17, 15) is 4.57 Å². The Morgan fingerprint density at radius 1 is 0.795 bits per heavy atom. The highest BCUT2D eigenvalue weighted by Crippen LogP contribution is 2.47. The molecule has 0 heterocycles. The minimum atomic E-state index is -2.81. The zero-order chi connectivity index (χ0) is 29.3. The fourth-order valence-corrected chi connectivity index (χ4v) is 9.66. The lowest BCUT2D eigenvalue weighted by molar-refractivity contribution is 0.161. The van der Waals surface area contributed by atoms with Crippen molar-refractivity contribution in [3.05, 3.63) is 84.5 Å². The number of hydrogen-bond donors (Lipinski definition) is 0. The smallest absolute Gasteiger partial charge is 0.193 e. The van der Waals surface area contributed by atoms with E-state index in [0.29, 0.717) is 6.16 Å². The first-order valence-corrected chi connectivity index (χ1v) is 22.0. The lowest BCUT2D eigenvalue weighted by atomic mass is 9.90. The SMILES string of the molecule is C=C1[C@@H](O[Si](C)(C)C(C)(C)C)CC(CCP(=O)(c2ccccc2)c2ccccc2)=C[C@H]1O[Si](C)(C)C(C)(C)C. The highest BCUT2D eigenvalue weighted by atomic mass is 31.2. The van der Waals surface area contributed by atoms with Crippen molar-refractivity contribution in [2.75, 3.05) is 6.16 Å². The molecule has 0 fully saturated rings. The zero-order valence-corrected chi connectivity index (χ0v) is 28.9. The Hall–Kier alpha value is -1.50. The van der Waals surface area contributed by atoms with Crippen LogP contribution in [-0.4, -0.2) is 35.0 Å². The summed E-state index contributed by atoms with van der Waals surface area (Å²) < 4.78 is 28.6. The van der Waals surface area contributed by atoms with Gasteiger partial charge in [0.1, 0.15) is 7.14 Å². The van der Waals surface area contributed by atoms with Gasteiger partial charge >= 0.3 is 0 Å². The van der Waals surface area contributed by atoms with Crippen molar-refractivity contribution in [2.24, 2.45) is 0 Å². The van der Waals surface area contributed by atoms with Crippen LogP contribution >= 0.6 is 7.14 Å². The topological polar surface area (TPSA) is 35.5 Å². The molecule has 1 aliphatic rings. The molecule has 2 aromatic rings. The van der Waals surface area contributed by atoms with Crippen LogP contribution in [0.15, 0.2) is 84.5 Å². The van der Waals surface area contributed by atoms with E-state index in [2.05, 4.69) is 80.4 Å². The first kappa shape index (κ1) is 32.0. The third-order valence-electron chi connectivity index (χ3n) is 9.18. The Bertz CT molecular complexity index is 1160. The van der Waals surface area contributed by atoms with E-state index >= 15 is 0 Å². The molecule has 0 unspecified atom stereocenters. The van der Waals surface area contributed by atoms with E-state index in [-0.39, 0.29) is 22.3 Å².